The minimum atomic E-state index is -3.75. The Morgan fingerprint density at radius 1 is 1.14 bits per heavy atom. The number of rotatable bonds is 8. The molecule has 7 nitrogen and oxygen atoms in total. The van der Waals surface area contributed by atoms with E-state index in [1.54, 1.807) is 30.7 Å². The summed E-state index contributed by atoms with van der Waals surface area (Å²) in [5, 5.41) is 2.96. The molecule has 0 saturated heterocycles. The molecule has 0 aliphatic carbocycles. The standard InChI is InChI=1S/C19H19ClN4O3S/c20-17-13-15(19(25)22-9-4-11-24-12-10-21-14-24)7-8-18(17)23-28(26,27)16-5-2-1-3-6-16/h1-3,5-8,10,12-14,23H,4,9,11H2,(H,22,25). The Hall–Kier alpha value is -2.84. The molecule has 0 aliphatic heterocycles. The summed E-state index contributed by atoms with van der Waals surface area (Å²) in [6.07, 6.45) is 6.03. The van der Waals surface area contributed by atoms with Crippen molar-refractivity contribution < 1.29 is 13.2 Å². The van der Waals surface area contributed by atoms with Gasteiger partial charge in [0.25, 0.3) is 15.9 Å². The van der Waals surface area contributed by atoms with Crippen molar-refractivity contribution in [2.75, 3.05) is 11.3 Å². The van der Waals surface area contributed by atoms with E-state index in [-0.39, 0.29) is 21.5 Å². The van der Waals surface area contributed by atoms with Gasteiger partial charge in [0, 0.05) is 31.0 Å². The summed E-state index contributed by atoms with van der Waals surface area (Å²) in [5.74, 6) is -0.273. The lowest BCUT2D eigenvalue weighted by Crippen LogP contribution is -2.25. The SMILES string of the molecule is O=C(NCCCn1ccnc1)c1ccc(NS(=O)(=O)c2ccccc2)c(Cl)c1. The van der Waals surface area contributed by atoms with Gasteiger partial charge < -0.3 is 9.88 Å². The molecule has 0 atom stereocenters. The van der Waals surface area contributed by atoms with E-state index in [4.69, 9.17) is 11.6 Å². The normalized spacial score (nSPS) is 11.2. The van der Waals surface area contributed by atoms with Crippen LogP contribution in [-0.4, -0.2) is 30.4 Å². The maximum atomic E-state index is 12.4. The van der Waals surface area contributed by atoms with Crippen molar-refractivity contribution in [3.8, 4) is 0 Å². The molecule has 0 fully saturated rings. The van der Waals surface area contributed by atoms with Crippen molar-refractivity contribution in [1.82, 2.24) is 14.9 Å². The van der Waals surface area contributed by atoms with E-state index in [1.807, 2.05) is 10.8 Å². The van der Waals surface area contributed by atoms with Crippen LogP contribution in [0.4, 0.5) is 5.69 Å². The van der Waals surface area contributed by atoms with Crippen LogP contribution in [0.5, 0.6) is 0 Å². The van der Waals surface area contributed by atoms with E-state index in [9.17, 15) is 13.2 Å². The van der Waals surface area contributed by atoms with Crippen molar-refractivity contribution in [3.63, 3.8) is 0 Å². The molecule has 0 radical (unpaired) electrons. The third-order valence-corrected chi connectivity index (χ3v) is 5.66. The van der Waals surface area contributed by atoms with E-state index in [2.05, 4.69) is 15.0 Å². The summed E-state index contributed by atoms with van der Waals surface area (Å²) in [6.45, 7) is 1.25. The lowest BCUT2D eigenvalue weighted by molar-refractivity contribution is 0.0952. The second-order valence-electron chi connectivity index (χ2n) is 6.02. The first kappa shape index (κ1) is 19.9. The molecule has 0 bridgehead atoms. The highest BCUT2D eigenvalue weighted by molar-refractivity contribution is 7.92. The molecule has 3 aromatic rings. The van der Waals surface area contributed by atoms with E-state index < -0.39 is 10.0 Å². The zero-order chi connectivity index (χ0) is 20.0. The lowest BCUT2D eigenvalue weighted by atomic mass is 10.2. The summed E-state index contributed by atoms with van der Waals surface area (Å²) in [4.78, 5) is 16.3. The van der Waals surface area contributed by atoms with Crippen LogP contribution in [0.3, 0.4) is 0 Å². The number of sulfonamides is 1. The Morgan fingerprint density at radius 3 is 2.61 bits per heavy atom. The fraction of sp³-hybridized carbons (Fsp3) is 0.158. The first-order valence-corrected chi connectivity index (χ1v) is 10.4. The topological polar surface area (TPSA) is 93.1 Å². The fourth-order valence-electron chi connectivity index (χ4n) is 2.53. The summed E-state index contributed by atoms with van der Waals surface area (Å²) >= 11 is 6.18. The molecule has 0 aliphatic rings. The highest BCUT2D eigenvalue weighted by Crippen LogP contribution is 2.25. The second kappa shape index (κ2) is 8.90. The summed E-state index contributed by atoms with van der Waals surface area (Å²) in [6, 6.07) is 12.4. The summed E-state index contributed by atoms with van der Waals surface area (Å²) in [5.41, 5.74) is 0.567. The number of amides is 1. The van der Waals surface area contributed by atoms with E-state index in [0.29, 0.717) is 12.1 Å². The van der Waals surface area contributed by atoms with Crippen LogP contribution in [0.15, 0.2) is 72.1 Å². The molecule has 0 saturated carbocycles. The Morgan fingerprint density at radius 2 is 1.93 bits per heavy atom. The maximum Gasteiger partial charge on any atom is 0.261 e. The average molecular weight is 419 g/mol. The van der Waals surface area contributed by atoms with Gasteiger partial charge in [0.05, 0.1) is 21.9 Å². The molecule has 0 unspecified atom stereocenters. The second-order valence-corrected chi connectivity index (χ2v) is 8.11. The van der Waals surface area contributed by atoms with Gasteiger partial charge in [-0.05, 0) is 36.8 Å². The molecule has 2 aromatic carbocycles. The highest BCUT2D eigenvalue weighted by Gasteiger charge is 2.16. The van der Waals surface area contributed by atoms with Crippen LogP contribution in [-0.2, 0) is 16.6 Å². The van der Waals surface area contributed by atoms with E-state index >= 15 is 0 Å². The number of aryl methyl sites for hydroxylation is 1. The van der Waals surface area contributed by atoms with E-state index in [1.165, 1.54) is 30.3 Å². The van der Waals surface area contributed by atoms with Gasteiger partial charge in [0.1, 0.15) is 0 Å². The molecule has 1 heterocycles. The average Bonchev–Trinajstić information content (AvgIpc) is 3.21. The molecular weight excluding hydrogens is 400 g/mol. The van der Waals surface area contributed by atoms with Gasteiger partial charge in [0.15, 0.2) is 0 Å². The monoisotopic (exact) mass is 418 g/mol. The maximum absolute atomic E-state index is 12.4. The van der Waals surface area contributed by atoms with Gasteiger partial charge in [-0.2, -0.15) is 0 Å². The minimum absolute atomic E-state index is 0.130. The molecule has 1 aromatic heterocycles. The summed E-state index contributed by atoms with van der Waals surface area (Å²) in [7, 11) is -3.75. The third kappa shape index (κ3) is 5.11. The smallest absolute Gasteiger partial charge is 0.261 e. The zero-order valence-electron chi connectivity index (χ0n) is 14.9. The molecule has 1 amide bonds. The highest BCUT2D eigenvalue weighted by atomic mass is 35.5. The molecule has 28 heavy (non-hydrogen) atoms. The Labute approximate surface area is 168 Å². The van der Waals surface area contributed by atoms with Crippen molar-refractivity contribution in [2.24, 2.45) is 0 Å². The van der Waals surface area contributed by atoms with Gasteiger partial charge in [0.2, 0.25) is 0 Å². The van der Waals surface area contributed by atoms with Crippen molar-refractivity contribution in [3.05, 3.63) is 77.8 Å². The van der Waals surface area contributed by atoms with Gasteiger partial charge in [-0.1, -0.05) is 29.8 Å². The Balaban J connectivity index is 1.59. The van der Waals surface area contributed by atoms with Gasteiger partial charge in [-0.25, -0.2) is 13.4 Å². The molecule has 3 rings (SSSR count). The molecule has 146 valence electrons. The van der Waals surface area contributed by atoms with E-state index in [0.717, 1.165) is 13.0 Å². The Bertz CT molecular complexity index is 1040. The molecule has 9 heteroatoms. The number of halogens is 1. The van der Waals surface area contributed by atoms with Gasteiger partial charge in [-0.15, -0.1) is 0 Å². The lowest BCUT2D eigenvalue weighted by Gasteiger charge is -2.11. The third-order valence-electron chi connectivity index (χ3n) is 3.97. The number of nitrogens with one attached hydrogen (secondary N) is 2. The predicted molar refractivity (Wildman–Crippen MR) is 108 cm³/mol. The fourth-order valence-corrected chi connectivity index (χ4v) is 3.91. The number of carbonyl (C=O) groups is 1. The van der Waals surface area contributed by atoms with Crippen LogP contribution in [0.25, 0.3) is 0 Å². The van der Waals surface area contributed by atoms with Gasteiger partial charge >= 0.3 is 0 Å². The quantitative estimate of drug-likeness (QED) is 0.549. The van der Waals surface area contributed by atoms with Crippen molar-refractivity contribution >= 4 is 33.2 Å². The summed E-state index contributed by atoms with van der Waals surface area (Å²) < 4.78 is 29.1. The number of carbonyl (C=O) groups excluding carboxylic acids is 1. The first-order valence-electron chi connectivity index (χ1n) is 8.57. The predicted octanol–water partition coefficient (Wildman–Crippen LogP) is 3.16. The number of aromatic nitrogens is 2. The molecule has 0 spiro atoms. The van der Waals surface area contributed by atoms with Crippen molar-refractivity contribution in [1.29, 1.82) is 0 Å². The number of hydrogen-bond acceptors (Lipinski definition) is 4. The van der Waals surface area contributed by atoms with Crippen LogP contribution in [0.2, 0.25) is 5.02 Å². The van der Waals surface area contributed by atoms with Gasteiger partial charge in [-0.3, -0.25) is 9.52 Å². The number of imidazole rings is 1. The number of hydrogen-bond donors (Lipinski definition) is 2. The van der Waals surface area contributed by atoms with Crippen LogP contribution in [0, 0.1) is 0 Å². The number of benzene rings is 2. The molecule has 2 N–H and O–H groups in total. The minimum Gasteiger partial charge on any atom is -0.352 e. The van der Waals surface area contributed by atoms with Crippen LogP contribution < -0.4 is 10.0 Å². The Kier molecular flexibility index (Phi) is 6.33. The number of anilines is 1. The number of nitrogens with zero attached hydrogens (tertiary/aromatic N) is 2. The molecular formula is C19H19ClN4O3S. The largest absolute Gasteiger partial charge is 0.352 e. The van der Waals surface area contributed by atoms with Crippen LogP contribution in [0.1, 0.15) is 16.8 Å². The zero-order valence-corrected chi connectivity index (χ0v) is 16.4. The first-order chi connectivity index (χ1) is 13.5. The van der Waals surface area contributed by atoms with Crippen molar-refractivity contribution in [2.45, 2.75) is 17.9 Å². The van der Waals surface area contributed by atoms with Crippen LogP contribution >= 0.6 is 11.6 Å².